The van der Waals surface area contributed by atoms with Gasteiger partial charge in [-0.15, -0.1) is 0 Å². The van der Waals surface area contributed by atoms with Crippen LogP contribution in [0, 0.1) is 5.92 Å². The maximum atomic E-state index is 5.50. The molecule has 1 aliphatic heterocycles. The summed E-state index contributed by atoms with van der Waals surface area (Å²) in [4.78, 5) is 7.97. The van der Waals surface area contributed by atoms with E-state index in [2.05, 4.69) is 15.3 Å². The van der Waals surface area contributed by atoms with Crippen molar-refractivity contribution in [2.24, 2.45) is 5.92 Å². The highest BCUT2D eigenvalue weighted by Crippen LogP contribution is 2.22. The normalized spacial score (nSPS) is 17.6. The van der Waals surface area contributed by atoms with Gasteiger partial charge in [-0.1, -0.05) is 0 Å². The molecule has 0 aromatic carbocycles. The van der Waals surface area contributed by atoms with Crippen LogP contribution in [0.2, 0.25) is 0 Å². The van der Waals surface area contributed by atoms with Gasteiger partial charge in [0.05, 0.1) is 0 Å². The number of hydrogen-bond donors (Lipinski definition) is 2. The Morgan fingerprint density at radius 2 is 2.27 bits per heavy atom. The fourth-order valence-corrected chi connectivity index (χ4v) is 2.88. The number of anilines is 2. The van der Waals surface area contributed by atoms with Crippen molar-refractivity contribution in [2.45, 2.75) is 12.8 Å². The zero-order chi connectivity index (χ0) is 10.5. The number of nitrogen functional groups attached to an aromatic ring is 1. The van der Waals surface area contributed by atoms with Crippen LogP contribution in [0.1, 0.15) is 12.8 Å². The minimum atomic E-state index is 0.333. The summed E-state index contributed by atoms with van der Waals surface area (Å²) >= 11 is 2.05. The van der Waals surface area contributed by atoms with Crippen LogP contribution in [0.5, 0.6) is 0 Å². The zero-order valence-electron chi connectivity index (χ0n) is 8.65. The maximum Gasteiger partial charge on any atom is 0.221 e. The second-order valence-electron chi connectivity index (χ2n) is 3.74. The van der Waals surface area contributed by atoms with Gasteiger partial charge in [-0.05, 0) is 36.3 Å². The standard InChI is InChI=1S/C10H16N4S/c11-10-12-4-1-9(14-10)13-7-8-2-5-15-6-3-8/h1,4,8H,2-3,5-7H2,(H3,11,12,13,14). The number of nitrogens with two attached hydrogens (primary N) is 1. The summed E-state index contributed by atoms with van der Waals surface area (Å²) < 4.78 is 0. The van der Waals surface area contributed by atoms with E-state index in [0.29, 0.717) is 5.95 Å². The highest BCUT2D eigenvalue weighted by atomic mass is 32.2. The molecular formula is C10H16N4S. The molecule has 0 bridgehead atoms. The molecule has 0 aliphatic carbocycles. The molecule has 5 heteroatoms. The van der Waals surface area contributed by atoms with E-state index in [0.717, 1.165) is 18.3 Å². The number of nitrogens with zero attached hydrogens (tertiary/aromatic N) is 2. The molecule has 1 aromatic rings. The molecule has 15 heavy (non-hydrogen) atoms. The highest BCUT2D eigenvalue weighted by molar-refractivity contribution is 7.99. The summed E-state index contributed by atoms with van der Waals surface area (Å²) in [5, 5.41) is 3.31. The molecule has 1 saturated heterocycles. The Kier molecular flexibility index (Phi) is 3.66. The van der Waals surface area contributed by atoms with Crippen molar-refractivity contribution in [3.05, 3.63) is 12.3 Å². The second-order valence-corrected chi connectivity index (χ2v) is 4.96. The summed E-state index contributed by atoms with van der Waals surface area (Å²) in [6, 6.07) is 1.86. The lowest BCUT2D eigenvalue weighted by atomic mass is 10.0. The summed E-state index contributed by atoms with van der Waals surface area (Å²) in [5.41, 5.74) is 5.50. The van der Waals surface area contributed by atoms with Gasteiger partial charge in [0.25, 0.3) is 0 Å². The van der Waals surface area contributed by atoms with Gasteiger partial charge in [-0.2, -0.15) is 16.7 Å². The molecule has 2 rings (SSSR count). The molecule has 0 unspecified atom stereocenters. The first-order chi connectivity index (χ1) is 7.34. The van der Waals surface area contributed by atoms with E-state index in [1.54, 1.807) is 6.20 Å². The van der Waals surface area contributed by atoms with Gasteiger partial charge in [-0.3, -0.25) is 0 Å². The molecule has 0 spiro atoms. The second kappa shape index (κ2) is 5.21. The third kappa shape index (κ3) is 3.27. The fraction of sp³-hybridized carbons (Fsp3) is 0.600. The average molecular weight is 224 g/mol. The van der Waals surface area contributed by atoms with Crippen molar-refractivity contribution in [1.29, 1.82) is 0 Å². The molecule has 0 atom stereocenters. The number of hydrogen-bond acceptors (Lipinski definition) is 5. The minimum Gasteiger partial charge on any atom is -0.370 e. The molecule has 0 radical (unpaired) electrons. The predicted octanol–water partition coefficient (Wildman–Crippen LogP) is 1.61. The van der Waals surface area contributed by atoms with Crippen molar-refractivity contribution in [3.63, 3.8) is 0 Å². The summed E-state index contributed by atoms with van der Waals surface area (Å²) in [5.74, 6) is 4.53. The molecule has 1 fully saturated rings. The Morgan fingerprint density at radius 3 is 3.00 bits per heavy atom. The Balaban J connectivity index is 1.81. The van der Waals surface area contributed by atoms with E-state index in [-0.39, 0.29) is 0 Å². The summed E-state index contributed by atoms with van der Waals surface area (Å²) in [7, 11) is 0. The first-order valence-corrected chi connectivity index (χ1v) is 6.40. The lowest BCUT2D eigenvalue weighted by Crippen LogP contribution is -2.19. The molecule has 0 amide bonds. The smallest absolute Gasteiger partial charge is 0.221 e. The van der Waals surface area contributed by atoms with Crippen LogP contribution in [0.3, 0.4) is 0 Å². The Labute approximate surface area is 94.1 Å². The largest absolute Gasteiger partial charge is 0.370 e. The lowest BCUT2D eigenvalue weighted by Gasteiger charge is -2.21. The number of rotatable bonds is 3. The van der Waals surface area contributed by atoms with Crippen LogP contribution in [-0.4, -0.2) is 28.0 Å². The first-order valence-electron chi connectivity index (χ1n) is 5.25. The molecule has 82 valence electrons. The monoisotopic (exact) mass is 224 g/mol. The van der Waals surface area contributed by atoms with Crippen molar-refractivity contribution in [1.82, 2.24) is 9.97 Å². The summed E-state index contributed by atoms with van der Waals surface area (Å²) in [6.07, 6.45) is 4.29. The van der Waals surface area contributed by atoms with E-state index < -0.39 is 0 Å². The van der Waals surface area contributed by atoms with Crippen LogP contribution in [-0.2, 0) is 0 Å². The van der Waals surface area contributed by atoms with Gasteiger partial charge in [0.2, 0.25) is 5.95 Å². The fourth-order valence-electron chi connectivity index (χ4n) is 1.67. The SMILES string of the molecule is Nc1nccc(NCC2CCSCC2)n1. The minimum absolute atomic E-state index is 0.333. The van der Waals surface area contributed by atoms with Crippen LogP contribution < -0.4 is 11.1 Å². The Bertz CT molecular complexity index is 312. The molecule has 4 nitrogen and oxygen atoms in total. The van der Waals surface area contributed by atoms with Crippen LogP contribution in [0.25, 0.3) is 0 Å². The molecular weight excluding hydrogens is 208 g/mol. The molecule has 2 heterocycles. The van der Waals surface area contributed by atoms with Crippen LogP contribution >= 0.6 is 11.8 Å². The first kappa shape index (κ1) is 10.5. The van der Waals surface area contributed by atoms with Gasteiger partial charge >= 0.3 is 0 Å². The van der Waals surface area contributed by atoms with Gasteiger partial charge in [0.15, 0.2) is 0 Å². The van der Waals surface area contributed by atoms with Gasteiger partial charge in [0, 0.05) is 12.7 Å². The number of thioether (sulfide) groups is 1. The van der Waals surface area contributed by atoms with E-state index >= 15 is 0 Å². The van der Waals surface area contributed by atoms with Gasteiger partial charge in [-0.25, -0.2) is 4.98 Å². The predicted molar refractivity (Wildman–Crippen MR) is 65.0 cm³/mol. The van der Waals surface area contributed by atoms with E-state index in [1.807, 2.05) is 17.8 Å². The van der Waals surface area contributed by atoms with Crippen molar-refractivity contribution < 1.29 is 0 Å². The number of aromatic nitrogens is 2. The Morgan fingerprint density at radius 1 is 1.47 bits per heavy atom. The average Bonchev–Trinajstić information content (AvgIpc) is 2.28. The van der Waals surface area contributed by atoms with Crippen molar-refractivity contribution in [2.75, 3.05) is 29.1 Å². The quantitative estimate of drug-likeness (QED) is 0.816. The van der Waals surface area contributed by atoms with Gasteiger partial charge < -0.3 is 11.1 Å². The lowest BCUT2D eigenvalue weighted by molar-refractivity contribution is 0.515. The topological polar surface area (TPSA) is 63.8 Å². The zero-order valence-corrected chi connectivity index (χ0v) is 9.46. The van der Waals surface area contributed by atoms with Crippen LogP contribution in [0.4, 0.5) is 11.8 Å². The van der Waals surface area contributed by atoms with Gasteiger partial charge in [0.1, 0.15) is 5.82 Å². The van der Waals surface area contributed by atoms with E-state index in [9.17, 15) is 0 Å². The van der Waals surface area contributed by atoms with E-state index in [4.69, 9.17) is 5.73 Å². The molecule has 1 aromatic heterocycles. The molecule has 3 N–H and O–H groups in total. The summed E-state index contributed by atoms with van der Waals surface area (Å²) in [6.45, 7) is 0.997. The third-order valence-corrected chi connectivity index (χ3v) is 3.64. The highest BCUT2D eigenvalue weighted by Gasteiger charge is 2.13. The van der Waals surface area contributed by atoms with Crippen molar-refractivity contribution in [3.8, 4) is 0 Å². The van der Waals surface area contributed by atoms with E-state index in [1.165, 1.54) is 24.3 Å². The van der Waals surface area contributed by atoms with Crippen LogP contribution in [0.15, 0.2) is 12.3 Å². The third-order valence-electron chi connectivity index (χ3n) is 2.59. The molecule has 1 aliphatic rings. The number of nitrogens with one attached hydrogen (secondary N) is 1. The maximum absolute atomic E-state index is 5.50. The Hall–Kier alpha value is -0.970. The molecule has 0 saturated carbocycles. The van der Waals surface area contributed by atoms with Crippen molar-refractivity contribution >= 4 is 23.5 Å².